The van der Waals surface area contributed by atoms with Crippen LogP contribution in [-0.4, -0.2) is 15.9 Å². The number of rotatable bonds is 1. The molecule has 0 radical (unpaired) electrons. The van der Waals surface area contributed by atoms with Crippen molar-refractivity contribution in [3.8, 4) is 0 Å². The summed E-state index contributed by atoms with van der Waals surface area (Å²) in [5, 5.41) is 0.632. The molecule has 2 aromatic rings. The van der Waals surface area contributed by atoms with Crippen LogP contribution in [0, 0.1) is 0 Å². The summed E-state index contributed by atoms with van der Waals surface area (Å²) in [6, 6.07) is 3.45. The number of carbonyl (C=O) groups excluding carboxylic acids is 1. The van der Waals surface area contributed by atoms with E-state index in [2.05, 4.69) is 9.97 Å². The van der Waals surface area contributed by atoms with Gasteiger partial charge in [0.15, 0.2) is 0 Å². The highest BCUT2D eigenvalue weighted by atomic mass is 16.1. The van der Waals surface area contributed by atoms with Gasteiger partial charge in [0.25, 0.3) is 5.91 Å². The van der Waals surface area contributed by atoms with E-state index in [4.69, 9.17) is 11.5 Å². The van der Waals surface area contributed by atoms with Gasteiger partial charge in [0.2, 0.25) is 0 Å². The van der Waals surface area contributed by atoms with E-state index < -0.39 is 5.91 Å². The van der Waals surface area contributed by atoms with Crippen molar-refractivity contribution in [2.45, 2.75) is 0 Å². The van der Waals surface area contributed by atoms with Gasteiger partial charge in [0.1, 0.15) is 11.3 Å². The molecule has 2 rings (SSSR count). The summed E-state index contributed by atoms with van der Waals surface area (Å²) in [6.45, 7) is 0. The summed E-state index contributed by atoms with van der Waals surface area (Å²) in [4.78, 5) is 18.9. The molecule has 2 aromatic heterocycles. The fourth-order valence-corrected chi connectivity index (χ4v) is 1.29. The Morgan fingerprint density at radius 3 is 2.86 bits per heavy atom. The van der Waals surface area contributed by atoms with Crippen LogP contribution >= 0.6 is 0 Å². The number of amides is 1. The summed E-state index contributed by atoms with van der Waals surface area (Å²) in [5.74, 6) is -0.235. The molecule has 0 spiro atoms. The second-order valence-electron chi connectivity index (χ2n) is 2.82. The van der Waals surface area contributed by atoms with Crippen LogP contribution in [0.4, 0.5) is 5.82 Å². The molecule has 5 nitrogen and oxygen atoms in total. The Labute approximate surface area is 79.8 Å². The maximum atomic E-state index is 11.0. The second kappa shape index (κ2) is 2.95. The molecule has 5 heteroatoms. The minimum absolute atomic E-state index is 0.297. The van der Waals surface area contributed by atoms with E-state index in [-0.39, 0.29) is 0 Å². The van der Waals surface area contributed by atoms with Crippen LogP contribution < -0.4 is 11.5 Å². The van der Waals surface area contributed by atoms with Gasteiger partial charge in [-0.3, -0.25) is 9.78 Å². The first-order valence-corrected chi connectivity index (χ1v) is 3.99. The Bertz CT molecular complexity index is 509. The van der Waals surface area contributed by atoms with Crippen LogP contribution in [0.5, 0.6) is 0 Å². The van der Waals surface area contributed by atoms with E-state index in [9.17, 15) is 4.79 Å². The molecule has 0 saturated carbocycles. The average molecular weight is 188 g/mol. The number of primary amides is 1. The number of pyridine rings is 2. The molecule has 0 aliphatic rings. The second-order valence-corrected chi connectivity index (χ2v) is 2.82. The number of nitrogens with two attached hydrogens (primary N) is 2. The zero-order valence-electron chi connectivity index (χ0n) is 7.27. The number of carbonyl (C=O) groups is 1. The molecular formula is C9H8N4O. The van der Waals surface area contributed by atoms with Crippen LogP contribution in [0.3, 0.4) is 0 Å². The minimum Gasteiger partial charge on any atom is -0.382 e. The maximum absolute atomic E-state index is 11.0. The van der Waals surface area contributed by atoms with Gasteiger partial charge in [-0.05, 0) is 6.07 Å². The Morgan fingerprint density at radius 2 is 2.14 bits per heavy atom. The van der Waals surface area contributed by atoms with Crippen molar-refractivity contribution in [2.75, 3.05) is 5.73 Å². The standard InChI is InChI=1S/C9H8N4O/c10-8-7-5(2-1-3-12-7)6(4-13-8)9(11)14/h1-4H,(H2,10,13)(H2,11,14). The lowest BCUT2D eigenvalue weighted by Gasteiger charge is -2.03. The van der Waals surface area contributed by atoms with Crippen LogP contribution in [0.2, 0.25) is 0 Å². The van der Waals surface area contributed by atoms with Crippen molar-refractivity contribution in [2.24, 2.45) is 5.73 Å². The van der Waals surface area contributed by atoms with E-state index in [1.807, 2.05) is 0 Å². The molecule has 0 aromatic carbocycles. The maximum Gasteiger partial charge on any atom is 0.250 e. The molecule has 0 aliphatic carbocycles. The molecule has 0 aliphatic heterocycles. The molecule has 0 saturated heterocycles. The molecule has 0 atom stereocenters. The molecule has 0 unspecified atom stereocenters. The SMILES string of the molecule is NC(=O)c1cnc(N)c2ncccc12. The lowest BCUT2D eigenvalue weighted by atomic mass is 10.1. The van der Waals surface area contributed by atoms with E-state index >= 15 is 0 Å². The highest BCUT2D eigenvalue weighted by molar-refractivity contribution is 6.07. The fourth-order valence-electron chi connectivity index (χ4n) is 1.29. The number of hydrogen-bond donors (Lipinski definition) is 2. The van der Waals surface area contributed by atoms with E-state index in [1.54, 1.807) is 18.3 Å². The molecule has 14 heavy (non-hydrogen) atoms. The van der Waals surface area contributed by atoms with Crippen LogP contribution in [0.15, 0.2) is 24.5 Å². The predicted molar refractivity (Wildman–Crippen MR) is 52.5 cm³/mol. The summed E-state index contributed by atoms with van der Waals surface area (Å²) in [7, 11) is 0. The Hall–Kier alpha value is -2.17. The zero-order valence-corrected chi connectivity index (χ0v) is 7.27. The first-order chi connectivity index (χ1) is 6.70. The van der Waals surface area contributed by atoms with Gasteiger partial charge in [-0.1, -0.05) is 6.07 Å². The molecule has 4 N–H and O–H groups in total. The van der Waals surface area contributed by atoms with Gasteiger partial charge in [-0.2, -0.15) is 0 Å². The van der Waals surface area contributed by atoms with Gasteiger partial charge in [-0.25, -0.2) is 4.98 Å². The van der Waals surface area contributed by atoms with Gasteiger partial charge >= 0.3 is 0 Å². The van der Waals surface area contributed by atoms with E-state index in [1.165, 1.54) is 6.20 Å². The molecule has 2 heterocycles. The number of nitrogens with zero attached hydrogens (tertiary/aromatic N) is 2. The van der Waals surface area contributed by atoms with Crippen molar-refractivity contribution in [1.82, 2.24) is 9.97 Å². The summed E-state index contributed by atoms with van der Waals surface area (Å²) < 4.78 is 0. The lowest BCUT2D eigenvalue weighted by molar-refractivity contribution is 0.100. The molecule has 1 amide bonds. The van der Waals surface area contributed by atoms with Crippen molar-refractivity contribution in [1.29, 1.82) is 0 Å². The highest BCUT2D eigenvalue weighted by Gasteiger charge is 2.09. The van der Waals surface area contributed by atoms with Crippen LogP contribution in [0.25, 0.3) is 10.9 Å². The molecule has 0 bridgehead atoms. The highest BCUT2D eigenvalue weighted by Crippen LogP contribution is 2.19. The first-order valence-electron chi connectivity index (χ1n) is 3.99. The number of hydrogen-bond acceptors (Lipinski definition) is 4. The van der Waals surface area contributed by atoms with E-state index in [0.717, 1.165) is 0 Å². The number of nitrogen functional groups attached to an aromatic ring is 1. The molecule has 70 valence electrons. The normalized spacial score (nSPS) is 10.3. The van der Waals surface area contributed by atoms with Crippen molar-refractivity contribution >= 4 is 22.6 Å². The molecular weight excluding hydrogens is 180 g/mol. The van der Waals surface area contributed by atoms with Crippen LogP contribution in [0.1, 0.15) is 10.4 Å². The molecule has 0 fully saturated rings. The van der Waals surface area contributed by atoms with Gasteiger partial charge < -0.3 is 11.5 Å². The third kappa shape index (κ3) is 1.15. The summed E-state index contributed by atoms with van der Waals surface area (Å²) in [6.07, 6.45) is 2.95. The Balaban J connectivity index is 2.88. The van der Waals surface area contributed by atoms with E-state index in [0.29, 0.717) is 22.3 Å². The Kier molecular flexibility index (Phi) is 1.78. The van der Waals surface area contributed by atoms with Gasteiger partial charge in [0, 0.05) is 17.8 Å². The van der Waals surface area contributed by atoms with Crippen molar-refractivity contribution in [3.63, 3.8) is 0 Å². The summed E-state index contributed by atoms with van der Waals surface area (Å²) in [5.41, 5.74) is 11.6. The van der Waals surface area contributed by atoms with Crippen molar-refractivity contribution in [3.05, 3.63) is 30.1 Å². The zero-order chi connectivity index (χ0) is 10.1. The Morgan fingerprint density at radius 1 is 1.36 bits per heavy atom. The topological polar surface area (TPSA) is 94.9 Å². The fraction of sp³-hybridized carbons (Fsp3) is 0. The predicted octanol–water partition coefficient (Wildman–Crippen LogP) is 0.311. The van der Waals surface area contributed by atoms with Crippen molar-refractivity contribution < 1.29 is 4.79 Å². The quantitative estimate of drug-likeness (QED) is 0.673. The van der Waals surface area contributed by atoms with Crippen LogP contribution in [-0.2, 0) is 0 Å². The largest absolute Gasteiger partial charge is 0.382 e. The number of fused-ring (bicyclic) bond motifs is 1. The summed E-state index contributed by atoms with van der Waals surface area (Å²) >= 11 is 0. The average Bonchev–Trinajstić information content (AvgIpc) is 2.18. The van der Waals surface area contributed by atoms with Gasteiger partial charge in [-0.15, -0.1) is 0 Å². The lowest BCUT2D eigenvalue weighted by Crippen LogP contribution is -2.12. The number of anilines is 1. The minimum atomic E-state index is -0.532. The van der Waals surface area contributed by atoms with Gasteiger partial charge in [0.05, 0.1) is 5.56 Å². The third-order valence-electron chi connectivity index (χ3n) is 1.94. The smallest absolute Gasteiger partial charge is 0.250 e. The number of aromatic nitrogens is 2. The monoisotopic (exact) mass is 188 g/mol. The first kappa shape index (κ1) is 8.43. The third-order valence-corrected chi connectivity index (χ3v) is 1.94.